The summed E-state index contributed by atoms with van der Waals surface area (Å²) in [4.78, 5) is 23.9. The molecule has 0 aliphatic carbocycles. The Balaban J connectivity index is 1.91. The van der Waals surface area contributed by atoms with Gasteiger partial charge in [0.05, 0.1) is 6.61 Å². The van der Waals surface area contributed by atoms with E-state index in [2.05, 4.69) is 24.9 Å². The quantitative estimate of drug-likeness (QED) is 0.519. The Kier molecular flexibility index (Phi) is 7.59. The number of thiol groups is 1. The van der Waals surface area contributed by atoms with Crippen molar-refractivity contribution in [2.75, 3.05) is 12.4 Å². The molecule has 0 radical (unpaired) electrons. The van der Waals surface area contributed by atoms with Gasteiger partial charge in [-0.25, -0.2) is 4.79 Å². The van der Waals surface area contributed by atoms with Crippen LogP contribution in [0, 0.1) is 0 Å². The molecular formula is C19H23NO5S. The summed E-state index contributed by atoms with van der Waals surface area (Å²) in [5.41, 5.74) is 1.23. The number of carbonyl (C=O) groups excluding carboxylic acids is 2. The molecule has 140 valence electrons. The van der Waals surface area contributed by atoms with Gasteiger partial charge in [0.1, 0.15) is 24.2 Å². The third-order valence-electron chi connectivity index (χ3n) is 3.66. The van der Waals surface area contributed by atoms with E-state index in [4.69, 9.17) is 13.9 Å². The highest BCUT2D eigenvalue weighted by Gasteiger charge is 2.22. The van der Waals surface area contributed by atoms with Crippen LogP contribution in [0.15, 0.2) is 40.8 Å². The number of amides is 1. The maximum atomic E-state index is 12.2. The van der Waals surface area contributed by atoms with Crippen LogP contribution in [0.25, 0.3) is 0 Å². The van der Waals surface area contributed by atoms with Gasteiger partial charge in [0.2, 0.25) is 0 Å². The van der Waals surface area contributed by atoms with Gasteiger partial charge in [0.15, 0.2) is 5.76 Å². The predicted molar refractivity (Wildman–Crippen MR) is 101 cm³/mol. The molecule has 0 saturated heterocycles. The predicted octanol–water partition coefficient (Wildman–Crippen LogP) is 3.01. The van der Waals surface area contributed by atoms with Crippen LogP contribution in [0.1, 0.15) is 35.7 Å². The zero-order valence-corrected chi connectivity index (χ0v) is 15.8. The van der Waals surface area contributed by atoms with Crippen molar-refractivity contribution in [2.24, 2.45) is 0 Å². The van der Waals surface area contributed by atoms with E-state index in [0.29, 0.717) is 5.76 Å². The molecule has 26 heavy (non-hydrogen) atoms. The number of rotatable bonds is 9. The van der Waals surface area contributed by atoms with Gasteiger partial charge in [-0.1, -0.05) is 19.1 Å². The lowest BCUT2D eigenvalue weighted by Crippen LogP contribution is -2.43. The van der Waals surface area contributed by atoms with E-state index in [1.165, 1.54) is 11.6 Å². The normalized spacial score (nSPS) is 11.7. The molecule has 0 fully saturated rings. The lowest BCUT2D eigenvalue weighted by molar-refractivity contribution is -0.144. The lowest BCUT2D eigenvalue weighted by atomic mass is 10.2. The van der Waals surface area contributed by atoms with E-state index in [0.717, 1.165) is 12.2 Å². The van der Waals surface area contributed by atoms with Crippen molar-refractivity contribution in [3.63, 3.8) is 0 Å². The Bertz CT molecular complexity index is 726. The number of furan rings is 1. The number of ether oxygens (including phenoxy) is 2. The monoisotopic (exact) mass is 377 g/mol. The minimum Gasteiger partial charge on any atom is -0.486 e. The summed E-state index contributed by atoms with van der Waals surface area (Å²) in [7, 11) is 0. The van der Waals surface area contributed by atoms with E-state index in [1.54, 1.807) is 13.0 Å². The summed E-state index contributed by atoms with van der Waals surface area (Å²) in [5.74, 6) is 0.433. The number of benzene rings is 1. The first-order valence-electron chi connectivity index (χ1n) is 8.46. The molecule has 1 N–H and O–H groups in total. The first-order valence-corrected chi connectivity index (χ1v) is 9.09. The van der Waals surface area contributed by atoms with Crippen molar-refractivity contribution in [1.82, 2.24) is 5.32 Å². The summed E-state index contributed by atoms with van der Waals surface area (Å²) >= 11 is 4.06. The third-order valence-corrected chi connectivity index (χ3v) is 4.02. The molecule has 2 aromatic rings. The second-order valence-electron chi connectivity index (χ2n) is 5.51. The van der Waals surface area contributed by atoms with E-state index >= 15 is 0 Å². The molecule has 2 rings (SSSR count). The zero-order valence-electron chi connectivity index (χ0n) is 14.9. The van der Waals surface area contributed by atoms with Crippen molar-refractivity contribution in [3.05, 3.63) is 53.5 Å². The molecule has 0 aliphatic heterocycles. The molecule has 1 aromatic heterocycles. The Morgan fingerprint density at radius 3 is 2.50 bits per heavy atom. The standard InChI is InChI=1S/C19H23NO5S/c1-3-13-5-7-14(8-6-13)24-11-15-9-10-17(25-15)18(21)20-16(12-26)19(22)23-4-2/h5-10,16,26H,3-4,11-12H2,1-2H3,(H,20,21)/t16-/m0/s1. The van der Waals surface area contributed by atoms with E-state index in [-0.39, 0.29) is 24.7 Å². The van der Waals surface area contributed by atoms with Crippen molar-refractivity contribution >= 4 is 24.5 Å². The van der Waals surface area contributed by atoms with Crippen LogP contribution in [-0.4, -0.2) is 30.3 Å². The molecule has 1 atom stereocenters. The first-order chi connectivity index (χ1) is 12.6. The molecule has 0 saturated carbocycles. The molecule has 7 heteroatoms. The largest absolute Gasteiger partial charge is 0.486 e. The summed E-state index contributed by atoms with van der Waals surface area (Å²) in [6, 6.07) is 10.2. The molecule has 1 amide bonds. The van der Waals surface area contributed by atoms with E-state index in [9.17, 15) is 9.59 Å². The van der Waals surface area contributed by atoms with Gasteiger partial charge in [0, 0.05) is 5.75 Å². The maximum Gasteiger partial charge on any atom is 0.329 e. The highest BCUT2D eigenvalue weighted by molar-refractivity contribution is 7.80. The van der Waals surface area contributed by atoms with Crippen molar-refractivity contribution in [2.45, 2.75) is 32.9 Å². The van der Waals surface area contributed by atoms with Crippen molar-refractivity contribution in [3.8, 4) is 5.75 Å². The number of hydrogen-bond donors (Lipinski definition) is 2. The highest BCUT2D eigenvalue weighted by Crippen LogP contribution is 2.16. The number of carbonyl (C=O) groups is 2. The fraction of sp³-hybridized carbons (Fsp3) is 0.368. The molecule has 1 heterocycles. The lowest BCUT2D eigenvalue weighted by Gasteiger charge is -2.13. The van der Waals surface area contributed by atoms with Gasteiger partial charge in [0.25, 0.3) is 5.91 Å². The van der Waals surface area contributed by atoms with Gasteiger partial charge in [-0.05, 0) is 43.2 Å². The maximum absolute atomic E-state index is 12.2. The number of hydrogen-bond acceptors (Lipinski definition) is 6. The fourth-order valence-electron chi connectivity index (χ4n) is 2.20. The highest BCUT2D eigenvalue weighted by atomic mass is 32.1. The topological polar surface area (TPSA) is 77.8 Å². The van der Waals surface area contributed by atoms with Gasteiger partial charge in [-0.2, -0.15) is 12.6 Å². The van der Waals surface area contributed by atoms with Crippen LogP contribution in [-0.2, 0) is 22.6 Å². The zero-order chi connectivity index (χ0) is 18.9. The summed E-state index contributed by atoms with van der Waals surface area (Å²) in [5, 5.41) is 2.54. The number of esters is 1. The third kappa shape index (κ3) is 5.56. The fourth-order valence-corrected chi connectivity index (χ4v) is 2.45. The molecule has 6 nitrogen and oxygen atoms in total. The van der Waals surface area contributed by atoms with Crippen LogP contribution in [0.2, 0.25) is 0 Å². The van der Waals surface area contributed by atoms with E-state index in [1.807, 2.05) is 24.3 Å². The van der Waals surface area contributed by atoms with Crippen LogP contribution >= 0.6 is 12.6 Å². The Labute approximate surface area is 158 Å². The Morgan fingerprint density at radius 1 is 1.15 bits per heavy atom. The Morgan fingerprint density at radius 2 is 1.88 bits per heavy atom. The number of nitrogens with one attached hydrogen (secondary N) is 1. The Hall–Kier alpha value is -2.41. The SMILES string of the molecule is CCOC(=O)[C@H](CS)NC(=O)c1ccc(COc2ccc(CC)cc2)o1. The molecule has 0 aliphatic rings. The van der Waals surface area contributed by atoms with Gasteiger partial charge < -0.3 is 19.2 Å². The van der Waals surface area contributed by atoms with Crippen LogP contribution in [0.5, 0.6) is 5.75 Å². The van der Waals surface area contributed by atoms with Gasteiger partial charge in [-0.15, -0.1) is 0 Å². The van der Waals surface area contributed by atoms with Crippen LogP contribution in [0.3, 0.4) is 0 Å². The van der Waals surface area contributed by atoms with Crippen molar-refractivity contribution < 1.29 is 23.5 Å². The smallest absolute Gasteiger partial charge is 0.329 e. The second kappa shape index (κ2) is 9.91. The summed E-state index contributed by atoms with van der Waals surface area (Å²) in [6.07, 6.45) is 0.968. The molecule has 1 aromatic carbocycles. The average Bonchev–Trinajstić information content (AvgIpc) is 3.14. The average molecular weight is 377 g/mol. The minimum absolute atomic E-state index is 0.0982. The van der Waals surface area contributed by atoms with Gasteiger partial charge >= 0.3 is 5.97 Å². The number of aryl methyl sites for hydroxylation is 1. The van der Waals surface area contributed by atoms with Crippen LogP contribution < -0.4 is 10.1 Å². The molecule has 0 spiro atoms. The summed E-state index contributed by atoms with van der Waals surface area (Å²) in [6.45, 7) is 4.22. The summed E-state index contributed by atoms with van der Waals surface area (Å²) < 4.78 is 16.0. The molecular weight excluding hydrogens is 354 g/mol. The molecule has 0 unspecified atom stereocenters. The van der Waals surface area contributed by atoms with Crippen molar-refractivity contribution in [1.29, 1.82) is 0 Å². The molecule has 0 bridgehead atoms. The first kappa shape index (κ1) is 19.9. The van der Waals surface area contributed by atoms with Gasteiger partial charge in [-0.3, -0.25) is 4.79 Å². The van der Waals surface area contributed by atoms with Crippen LogP contribution in [0.4, 0.5) is 0 Å². The minimum atomic E-state index is -0.826. The van der Waals surface area contributed by atoms with E-state index < -0.39 is 17.9 Å². The second-order valence-corrected chi connectivity index (χ2v) is 5.88.